The number of Topliss-reactive ketones (excluding diaryl/α,β-unsaturated/α-hetero) is 1. The third kappa shape index (κ3) is 3.45. The van der Waals surface area contributed by atoms with Crippen LogP contribution in [0.1, 0.15) is 22.3 Å². The van der Waals surface area contributed by atoms with Gasteiger partial charge in [-0.1, -0.05) is 72.8 Å². The molecule has 0 unspecified atom stereocenters. The maximum atomic E-state index is 13.3. The summed E-state index contributed by atoms with van der Waals surface area (Å²) in [5.41, 5.74) is 1.24. The lowest BCUT2D eigenvalue weighted by Gasteiger charge is -2.26. The van der Waals surface area contributed by atoms with Crippen molar-refractivity contribution in [2.75, 3.05) is 6.61 Å². The van der Waals surface area contributed by atoms with Crippen molar-refractivity contribution in [2.24, 2.45) is 23.7 Å². The molecule has 2 fully saturated rings. The molecule has 1 saturated heterocycles. The number of carbonyl (C=O) groups excluding carboxylic acids is 4. The molecule has 1 heterocycles. The van der Waals surface area contributed by atoms with Gasteiger partial charge >= 0.3 is 5.97 Å². The largest absolute Gasteiger partial charge is 0.456 e. The SMILES string of the molecule is O=C(COC(=O)[C@H](Cc1ccccc1)N1C(=O)[C@@H]2[C@H](C1=O)[C@H]1C=C[C@H]2C1)c1ccccc1. The summed E-state index contributed by atoms with van der Waals surface area (Å²) in [6.45, 7) is -0.440. The third-order valence-electron chi connectivity index (χ3n) is 6.80. The number of nitrogens with zero attached hydrogens (tertiary/aromatic N) is 1. The number of ketones is 1. The van der Waals surface area contributed by atoms with Crippen molar-refractivity contribution < 1.29 is 23.9 Å². The second-order valence-electron chi connectivity index (χ2n) is 8.65. The van der Waals surface area contributed by atoms with E-state index in [0.717, 1.165) is 16.9 Å². The minimum absolute atomic E-state index is 0.0551. The number of likely N-dealkylation sites (tertiary alicyclic amines) is 1. The molecule has 2 amide bonds. The van der Waals surface area contributed by atoms with Gasteiger partial charge in [0.25, 0.3) is 0 Å². The van der Waals surface area contributed by atoms with Gasteiger partial charge in [-0.15, -0.1) is 0 Å². The zero-order valence-electron chi connectivity index (χ0n) is 17.4. The van der Waals surface area contributed by atoms with E-state index >= 15 is 0 Å². The Morgan fingerprint density at radius 2 is 1.44 bits per heavy atom. The molecule has 3 aliphatic rings. The molecule has 0 radical (unpaired) electrons. The average molecular weight is 429 g/mol. The van der Waals surface area contributed by atoms with Crippen LogP contribution < -0.4 is 0 Å². The number of imide groups is 1. The van der Waals surface area contributed by atoms with Crippen molar-refractivity contribution in [3.63, 3.8) is 0 Å². The molecule has 2 aliphatic carbocycles. The molecule has 0 spiro atoms. The Balaban J connectivity index is 1.37. The first-order valence-corrected chi connectivity index (χ1v) is 10.9. The van der Waals surface area contributed by atoms with E-state index < -0.39 is 30.5 Å². The Hall–Kier alpha value is -3.54. The molecule has 2 aromatic rings. The molecule has 32 heavy (non-hydrogen) atoms. The lowest BCUT2D eigenvalue weighted by Crippen LogP contribution is -2.48. The van der Waals surface area contributed by atoms with Crippen LogP contribution in [0.15, 0.2) is 72.8 Å². The number of ether oxygens (including phenoxy) is 1. The van der Waals surface area contributed by atoms with Gasteiger partial charge in [-0.2, -0.15) is 0 Å². The summed E-state index contributed by atoms with van der Waals surface area (Å²) in [5, 5.41) is 0. The Labute approximate surface area is 185 Å². The zero-order chi connectivity index (χ0) is 22.2. The van der Waals surface area contributed by atoms with Crippen LogP contribution in [0.3, 0.4) is 0 Å². The first-order valence-electron chi connectivity index (χ1n) is 10.9. The van der Waals surface area contributed by atoms with Crippen LogP contribution in [-0.4, -0.2) is 41.1 Å². The van der Waals surface area contributed by atoms with E-state index in [1.165, 1.54) is 0 Å². The van der Waals surface area contributed by atoms with Gasteiger partial charge in [0, 0.05) is 12.0 Å². The third-order valence-corrected chi connectivity index (χ3v) is 6.80. The zero-order valence-corrected chi connectivity index (χ0v) is 17.4. The van der Waals surface area contributed by atoms with Crippen LogP contribution in [0.2, 0.25) is 0 Å². The molecular weight excluding hydrogens is 406 g/mol. The molecule has 5 rings (SSSR count). The lowest BCUT2D eigenvalue weighted by atomic mass is 9.85. The Kier molecular flexibility index (Phi) is 5.21. The van der Waals surface area contributed by atoms with Gasteiger partial charge in [-0.3, -0.25) is 19.3 Å². The van der Waals surface area contributed by atoms with Crippen molar-refractivity contribution >= 4 is 23.6 Å². The number of hydrogen-bond acceptors (Lipinski definition) is 5. The fraction of sp³-hybridized carbons (Fsp3) is 0.308. The summed E-state index contributed by atoms with van der Waals surface area (Å²) < 4.78 is 5.34. The maximum absolute atomic E-state index is 13.3. The second kappa shape index (κ2) is 8.19. The molecule has 6 nitrogen and oxygen atoms in total. The summed E-state index contributed by atoms with van der Waals surface area (Å²) >= 11 is 0. The van der Waals surface area contributed by atoms with Crippen LogP contribution in [-0.2, 0) is 25.5 Å². The monoisotopic (exact) mass is 429 g/mol. The molecule has 6 heteroatoms. The summed E-state index contributed by atoms with van der Waals surface area (Å²) in [7, 11) is 0. The minimum Gasteiger partial charge on any atom is -0.456 e. The number of rotatable bonds is 7. The highest BCUT2D eigenvalue weighted by atomic mass is 16.5. The Bertz CT molecular complexity index is 1060. The van der Waals surface area contributed by atoms with Crippen molar-refractivity contribution in [1.29, 1.82) is 0 Å². The van der Waals surface area contributed by atoms with Gasteiger partial charge in [0.05, 0.1) is 11.8 Å². The molecular formula is C26H23NO5. The number of benzene rings is 2. The first kappa shape index (κ1) is 20.4. The first-order chi connectivity index (χ1) is 15.5. The van der Waals surface area contributed by atoms with Gasteiger partial charge in [0.2, 0.25) is 11.8 Å². The van der Waals surface area contributed by atoms with Gasteiger partial charge in [0.1, 0.15) is 6.04 Å². The molecule has 0 aromatic heterocycles. The predicted octanol–water partition coefficient (Wildman–Crippen LogP) is 2.83. The summed E-state index contributed by atoms with van der Waals surface area (Å²) in [5.74, 6) is -2.35. The number of carbonyl (C=O) groups is 4. The van der Waals surface area contributed by atoms with Crippen LogP contribution in [0.4, 0.5) is 0 Å². The highest BCUT2D eigenvalue weighted by Crippen LogP contribution is 2.53. The van der Waals surface area contributed by atoms with E-state index in [-0.39, 0.29) is 35.9 Å². The molecule has 1 aliphatic heterocycles. The van der Waals surface area contributed by atoms with E-state index in [2.05, 4.69) is 0 Å². The number of amides is 2. The normalized spacial score (nSPS) is 26.3. The average Bonchev–Trinajstić information content (AvgIpc) is 3.51. The summed E-state index contributed by atoms with van der Waals surface area (Å²) in [6.07, 6.45) is 5.01. The van der Waals surface area contributed by atoms with Crippen LogP contribution in [0.25, 0.3) is 0 Å². The molecule has 1 saturated carbocycles. The van der Waals surface area contributed by atoms with E-state index in [1.54, 1.807) is 30.3 Å². The Morgan fingerprint density at radius 1 is 0.875 bits per heavy atom. The fourth-order valence-electron chi connectivity index (χ4n) is 5.29. The van der Waals surface area contributed by atoms with Crippen molar-refractivity contribution in [1.82, 2.24) is 4.90 Å². The molecule has 162 valence electrons. The van der Waals surface area contributed by atoms with Gasteiger partial charge < -0.3 is 4.74 Å². The molecule has 2 aromatic carbocycles. The van der Waals surface area contributed by atoms with E-state index in [9.17, 15) is 19.2 Å². The molecule has 0 N–H and O–H groups in total. The van der Waals surface area contributed by atoms with Crippen LogP contribution >= 0.6 is 0 Å². The van der Waals surface area contributed by atoms with Gasteiger partial charge in [-0.05, 0) is 23.8 Å². The highest BCUT2D eigenvalue weighted by molar-refractivity contribution is 6.09. The van der Waals surface area contributed by atoms with Crippen LogP contribution in [0, 0.1) is 23.7 Å². The fourth-order valence-corrected chi connectivity index (χ4v) is 5.29. The molecule has 2 bridgehead atoms. The topological polar surface area (TPSA) is 80.8 Å². The van der Waals surface area contributed by atoms with Gasteiger partial charge in [0.15, 0.2) is 12.4 Å². The van der Waals surface area contributed by atoms with E-state index in [1.807, 2.05) is 42.5 Å². The maximum Gasteiger partial charge on any atom is 0.330 e. The smallest absolute Gasteiger partial charge is 0.330 e. The Morgan fingerprint density at radius 3 is 2.03 bits per heavy atom. The van der Waals surface area contributed by atoms with Crippen molar-refractivity contribution in [2.45, 2.75) is 18.9 Å². The molecule has 5 atom stereocenters. The van der Waals surface area contributed by atoms with Gasteiger partial charge in [-0.25, -0.2) is 4.79 Å². The quantitative estimate of drug-likeness (QED) is 0.293. The summed E-state index contributed by atoms with van der Waals surface area (Å²) in [4.78, 5) is 53.2. The predicted molar refractivity (Wildman–Crippen MR) is 115 cm³/mol. The van der Waals surface area contributed by atoms with Crippen molar-refractivity contribution in [3.8, 4) is 0 Å². The number of allylic oxidation sites excluding steroid dienone is 2. The van der Waals surface area contributed by atoms with E-state index in [4.69, 9.17) is 4.74 Å². The second-order valence-corrected chi connectivity index (χ2v) is 8.65. The number of hydrogen-bond donors (Lipinski definition) is 0. The standard InChI is InChI=1S/C26H23NO5/c28-21(17-9-5-2-6-10-17)15-32-26(31)20(13-16-7-3-1-4-8-16)27-24(29)22-18-11-12-19(14-18)23(22)25(27)30/h1-12,18-20,22-23H,13-15H2/t18-,19-,20-,22-,23+/m0/s1. The summed E-state index contributed by atoms with van der Waals surface area (Å²) in [6, 6.07) is 16.7. The number of fused-ring (bicyclic) bond motifs is 5. The van der Waals surface area contributed by atoms with Crippen molar-refractivity contribution in [3.05, 3.63) is 83.9 Å². The number of esters is 1. The van der Waals surface area contributed by atoms with Crippen LogP contribution in [0.5, 0.6) is 0 Å². The lowest BCUT2D eigenvalue weighted by molar-refractivity contribution is -0.158. The minimum atomic E-state index is -1.09. The van der Waals surface area contributed by atoms with E-state index in [0.29, 0.717) is 5.56 Å². The highest BCUT2D eigenvalue weighted by Gasteiger charge is 2.61.